The van der Waals surface area contributed by atoms with Gasteiger partial charge in [-0.3, -0.25) is 9.59 Å². The van der Waals surface area contributed by atoms with Crippen LogP contribution in [0.25, 0.3) is 0 Å². The average molecular weight is 298 g/mol. The van der Waals surface area contributed by atoms with Gasteiger partial charge < -0.3 is 21.3 Å². The molecular formula is C13H22N4O2S. The monoisotopic (exact) mass is 298 g/mol. The van der Waals surface area contributed by atoms with Crippen molar-refractivity contribution in [2.75, 3.05) is 38.3 Å². The highest BCUT2D eigenvalue weighted by atomic mass is 32.1. The van der Waals surface area contributed by atoms with Crippen LogP contribution in [0.15, 0.2) is 0 Å². The third-order valence-electron chi connectivity index (χ3n) is 2.80. The zero-order valence-corrected chi connectivity index (χ0v) is 13.4. The number of hydrogen-bond acceptors (Lipinski definition) is 5. The second-order valence-electron chi connectivity index (χ2n) is 4.96. The summed E-state index contributed by atoms with van der Waals surface area (Å²) in [6.45, 7) is 4.95. The zero-order chi connectivity index (χ0) is 15.4. The van der Waals surface area contributed by atoms with Gasteiger partial charge >= 0.3 is 0 Å². The SMILES string of the molecule is CNC(=O)c1sc(N(C)CC(C)C)c(C(=O)NC)c1N. The van der Waals surface area contributed by atoms with Crippen LogP contribution in [0, 0.1) is 5.92 Å². The van der Waals surface area contributed by atoms with Crippen molar-refractivity contribution in [3.63, 3.8) is 0 Å². The molecule has 112 valence electrons. The maximum Gasteiger partial charge on any atom is 0.263 e. The standard InChI is InChI=1S/C13H22N4O2S/c1-7(2)6-17(5)13-8(11(18)15-3)9(14)10(20-13)12(19)16-4/h7H,6,14H2,1-5H3,(H,15,18)(H,16,19). The number of hydrogen-bond donors (Lipinski definition) is 3. The summed E-state index contributed by atoms with van der Waals surface area (Å²) in [7, 11) is 4.98. The maximum atomic E-state index is 12.0. The molecule has 0 atom stereocenters. The lowest BCUT2D eigenvalue weighted by Crippen LogP contribution is -2.26. The van der Waals surface area contributed by atoms with E-state index in [1.54, 1.807) is 14.1 Å². The van der Waals surface area contributed by atoms with Crippen LogP contribution in [0.4, 0.5) is 10.7 Å². The van der Waals surface area contributed by atoms with Crippen molar-refractivity contribution in [1.29, 1.82) is 0 Å². The first-order valence-corrected chi connectivity index (χ1v) is 7.22. The summed E-state index contributed by atoms with van der Waals surface area (Å²) in [5.74, 6) is -0.120. The number of amides is 2. The predicted molar refractivity (Wildman–Crippen MR) is 83.6 cm³/mol. The molecule has 1 aromatic heterocycles. The average Bonchev–Trinajstić information content (AvgIpc) is 2.74. The number of anilines is 2. The first-order valence-electron chi connectivity index (χ1n) is 6.41. The summed E-state index contributed by atoms with van der Waals surface area (Å²) in [6, 6.07) is 0. The fourth-order valence-electron chi connectivity index (χ4n) is 1.96. The van der Waals surface area contributed by atoms with Gasteiger partial charge in [-0.15, -0.1) is 11.3 Å². The van der Waals surface area contributed by atoms with Crippen molar-refractivity contribution in [2.24, 2.45) is 5.92 Å². The first kappa shape index (κ1) is 16.3. The molecule has 0 radical (unpaired) electrons. The maximum absolute atomic E-state index is 12.0. The van der Waals surface area contributed by atoms with Crippen molar-refractivity contribution in [3.8, 4) is 0 Å². The minimum absolute atomic E-state index is 0.235. The smallest absolute Gasteiger partial charge is 0.263 e. The lowest BCUT2D eigenvalue weighted by molar-refractivity contribution is 0.0963. The third kappa shape index (κ3) is 3.22. The fraction of sp³-hybridized carbons (Fsp3) is 0.538. The van der Waals surface area contributed by atoms with Gasteiger partial charge in [-0.25, -0.2) is 0 Å². The Balaban J connectivity index is 3.34. The highest BCUT2D eigenvalue weighted by Gasteiger charge is 2.26. The molecule has 4 N–H and O–H groups in total. The van der Waals surface area contributed by atoms with Crippen molar-refractivity contribution in [1.82, 2.24) is 10.6 Å². The van der Waals surface area contributed by atoms with Crippen molar-refractivity contribution >= 4 is 33.8 Å². The number of rotatable bonds is 5. The Kier molecular flexibility index (Phi) is 5.38. The summed E-state index contributed by atoms with van der Waals surface area (Å²) in [4.78, 5) is 26.2. The van der Waals surface area contributed by atoms with Crippen LogP contribution >= 0.6 is 11.3 Å². The molecule has 0 unspecified atom stereocenters. The molecule has 6 nitrogen and oxygen atoms in total. The number of thiophene rings is 1. The van der Waals surface area contributed by atoms with Crippen LogP contribution < -0.4 is 21.3 Å². The molecular weight excluding hydrogens is 276 g/mol. The minimum atomic E-state index is -0.278. The molecule has 0 aliphatic rings. The molecule has 1 aromatic rings. The first-order chi connectivity index (χ1) is 9.33. The third-order valence-corrected chi connectivity index (χ3v) is 4.12. The normalized spacial score (nSPS) is 10.5. The second-order valence-corrected chi connectivity index (χ2v) is 5.96. The molecule has 20 heavy (non-hydrogen) atoms. The molecule has 0 aromatic carbocycles. The van der Waals surface area contributed by atoms with Gasteiger partial charge in [0.1, 0.15) is 9.88 Å². The Morgan fingerprint density at radius 1 is 1.25 bits per heavy atom. The summed E-state index contributed by atoms with van der Waals surface area (Å²) >= 11 is 1.24. The number of nitrogens with zero attached hydrogens (tertiary/aromatic N) is 1. The molecule has 0 saturated carbocycles. The van der Waals surface area contributed by atoms with Gasteiger partial charge in [0.15, 0.2) is 0 Å². The van der Waals surface area contributed by atoms with E-state index in [4.69, 9.17) is 5.73 Å². The highest BCUT2D eigenvalue weighted by Crippen LogP contribution is 2.38. The molecule has 1 heterocycles. The van der Waals surface area contributed by atoms with E-state index in [1.165, 1.54) is 11.3 Å². The van der Waals surface area contributed by atoms with Crippen molar-refractivity contribution < 1.29 is 9.59 Å². The second kappa shape index (κ2) is 6.60. The summed E-state index contributed by atoms with van der Waals surface area (Å²) in [6.07, 6.45) is 0. The van der Waals surface area contributed by atoms with Gasteiger partial charge in [0.05, 0.1) is 11.3 Å². The van der Waals surface area contributed by atoms with E-state index in [9.17, 15) is 9.59 Å². The number of nitrogens with two attached hydrogens (primary N) is 1. The van der Waals surface area contributed by atoms with E-state index >= 15 is 0 Å². The molecule has 0 saturated heterocycles. The number of nitrogens with one attached hydrogen (secondary N) is 2. The van der Waals surface area contributed by atoms with Gasteiger partial charge in [0.25, 0.3) is 11.8 Å². The van der Waals surface area contributed by atoms with Gasteiger partial charge in [-0.1, -0.05) is 13.8 Å². The molecule has 1 rings (SSSR count). The van der Waals surface area contributed by atoms with E-state index in [1.807, 2.05) is 11.9 Å². The molecule has 0 aliphatic carbocycles. The molecule has 0 fully saturated rings. The Morgan fingerprint density at radius 2 is 1.80 bits per heavy atom. The topological polar surface area (TPSA) is 87.5 Å². The quantitative estimate of drug-likeness (QED) is 0.761. The number of carbonyl (C=O) groups is 2. The van der Waals surface area contributed by atoms with E-state index in [0.29, 0.717) is 21.4 Å². The fourth-order valence-corrected chi connectivity index (χ4v) is 3.09. The van der Waals surface area contributed by atoms with Gasteiger partial charge in [-0.05, 0) is 5.92 Å². The highest BCUT2D eigenvalue weighted by molar-refractivity contribution is 7.19. The summed E-state index contributed by atoms with van der Waals surface area (Å²) in [5.41, 5.74) is 6.60. The molecule has 0 aliphatic heterocycles. The van der Waals surface area contributed by atoms with Crippen LogP contribution in [0.5, 0.6) is 0 Å². The largest absolute Gasteiger partial charge is 0.397 e. The van der Waals surface area contributed by atoms with E-state index in [0.717, 1.165) is 6.54 Å². The van der Waals surface area contributed by atoms with Crippen LogP contribution in [-0.4, -0.2) is 39.5 Å². The summed E-state index contributed by atoms with van der Waals surface area (Å²) < 4.78 is 0. The van der Waals surface area contributed by atoms with E-state index in [2.05, 4.69) is 24.5 Å². The Hall–Kier alpha value is -1.76. The lowest BCUT2D eigenvalue weighted by atomic mass is 10.2. The Labute approximate surface area is 123 Å². The minimum Gasteiger partial charge on any atom is -0.397 e. The Morgan fingerprint density at radius 3 is 2.25 bits per heavy atom. The van der Waals surface area contributed by atoms with Crippen molar-refractivity contribution in [3.05, 3.63) is 10.4 Å². The van der Waals surface area contributed by atoms with Gasteiger partial charge in [-0.2, -0.15) is 0 Å². The van der Waals surface area contributed by atoms with E-state index in [-0.39, 0.29) is 17.5 Å². The molecule has 7 heteroatoms. The van der Waals surface area contributed by atoms with Gasteiger partial charge in [0, 0.05) is 27.7 Å². The number of carbonyl (C=O) groups excluding carboxylic acids is 2. The van der Waals surface area contributed by atoms with E-state index < -0.39 is 0 Å². The van der Waals surface area contributed by atoms with Crippen LogP contribution in [-0.2, 0) is 0 Å². The molecule has 0 bridgehead atoms. The van der Waals surface area contributed by atoms with Crippen LogP contribution in [0.2, 0.25) is 0 Å². The summed E-state index contributed by atoms with van der Waals surface area (Å²) in [5, 5.41) is 5.83. The zero-order valence-electron chi connectivity index (χ0n) is 12.5. The Bertz CT molecular complexity index is 511. The lowest BCUT2D eigenvalue weighted by Gasteiger charge is -2.21. The number of nitrogen functional groups attached to an aromatic ring is 1. The molecule has 0 spiro atoms. The van der Waals surface area contributed by atoms with Gasteiger partial charge in [0.2, 0.25) is 0 Å². The van der Waals surface area contributed by atoms with Crippen LogP contribution in [0.1, 0.15) is 33.9 Å². The van der Waals surface area contributed by atoms with Crippen molar-refractivity contribution in [2.45, 2.75) is 13.8 Å². The predicted octanol–water partition coefficient (Wildman–Crippen LogP) is 1.14. The molecule has 2 amide bonds. The van der Waals surface area contributed by atoms with Crippen LogP contribution in [0.3, 0.4) is 0 Å².